The molecule has 0 spiro atoms. The predicted molar refractivity (Wildman–Crippen MR) is 46.7 cm³/mol. The molecule has 0 radical (unpaired) electrons. The largest absolute Gasteiger partial charge is 0.398 e. The van der Waals surface area contributed by atoms with Crippen LogP contribution in [0.1, 0.15) is 26.7 Å². The summed E-state index contributed by atoms with van der Waals surface area (Å²) in [5.41, 5.74) is 0.0426. The number of halogens is 1. The van der Waals surface area contributed by atoms with E-state index < -0.39 is 7.63 Å². The van der Waals surface area contributed by atoms with Crippen LogP contribution in [0.3, 0.4) is 0 Å². The number of hydrogen-bond acceptors (Lipinski definition) is 1. The summed E-state index contributed by atoms with van der Waals surface area (Å²) in [6.45, 7) is 6.33. The molecule has 0 aliphatic carbocycles. The summed E-state index contributed by atoms with van der Waals surface area (Å²) in [5, 5.41) is 0. The monoisotopic (exact) mass is 178 g/mol. The molecule has 60 valence electrons. The number of rotatable bonds is 0. The Kier molecular flexibility index (Phi) is 2.14. The van der Waals surface area contributed by atoms with Gasteiger partial charge in [-0.25, -0.2) is 0 Å². The highest BCUT2D eigenvalue weighted by molar-refractivity contribution is 7.16. The Bertz CT molecular complexity index is 120. The normalized spacial score (nSPS) is 39.6. The third-order valence-corrected chi connectivity index (χ3v) is 4.91. The Morgan fingerprint density at radius 1 is 1.50 bits per heavy atom. The van der Waals surface area contributed by atoms with Gasteiger partial charge in [-0.3, -0.25) is 0 Å². The smallest absolute Gasteiger partial charge is 0.287 e. The van der Waals surface area contributed by atoms with E-state index in [0.29, 0.717) is 0 Å². The molecule has 0 bridgehead atoms. The second-order valence-corrected chi connectivity index (χ2v) is 9.12. The van der Waals surface area contributed by atoms with Crippen LogP contribution >= 0.6 is 11.1 Å². The Morgan fingerprint density at radius 2 is 2.10 bits per heavy atom. The van der Waals surface area contributed by atoms with Gasteiger partial charge in [-0.1, -0.05) is 0 Å². The van der Waals surface area contributed by atoms with Crippen molar-refractivity contribution in [2.24, 2.45) is 0 Å². The highest BCUT2D eigenvalue weighted by atomic mass is 35.6. The average Bonchev–Trinajstić information content (AvgIpc) is 1.56. The molecule has 1 atom stereocenters. The minimum absolute atomic E-state index is 0.0426. The second kappa shape index (κ2) is 2.50. The Labute approximate surface area is 68.5 Å². The van der Waals surface area contributed by atoms with Crippen LogP contribution in [0.25, 0.3) is 0 Å². The van der Waals surface area contributed by atoms with Crippen molar-refractivity contribution < 1.29 is 4.43 Å². The van der Waals surface area contributed by atoms with Gasteiger partial charge in [0.25, 0.3) is 7.63 Å². The molecule has 0 saturated carbocycles. The van der Waals surface area contributed by atoms with Gasteiger partial charge in [0.15, 0.2) is 0 Å². The lowest BCUT2D eigenvalue weighted by molar-refractivity contribution is 0.0777. The molecule has 1 unspecified atom stereocenters. The highest BCUT2D eigenvalue weighted by Gasteiger charge is 2.37. The minimum atomic E-state index is -1.75. The van der Waals surface area contributed by atoms with E-state index in [9.17, 15) is 0 Å². The molecule has 1 rings (SSSR count). The lowest BCUT2D eigenvalue weighted by Gasteiger charge is -2.38. The summed E-state index contributed by atoms with van der Waals surface area (Å²) in [6, 6.07) is 1.11. The van der Waals surface area contributed by atoms with Gasteiger partial charge in [0.1, 0.15) is 0 Å². The first kappa shape index (κ1) is 8.56. The van der Waals surface area contributed by atoms with E-state index in [1.165, 1.54) is 6.42 Å². The zero-order valence-corrected chi connectivity index (χ0v) is 8.66. The summed E-state index contributed by atoms with van der Waals surface area (Å²) in [6.07, 6.45) is 2.39. The van der Waals surface area contributed by atoms with Gasteiger partial charge in [-0.2, -0.15) is 0 Å². The van der Waals surface area contributed by atoms with Crippen molar-refractivity contribution in [3.05, 3.63) is 0 Å². The number of hydrogen-bond donors (Lipinski definition) is 0. The summed E-state index contributed by atoms with van der Waals surface area (Å²) in [4.78, 5) is 0. The van der Waals surface area contributed by atoms with Crippen molar-refractivity contribution in [3.8, 4) is 0 Å². The molecule has 0 N–H and O–H groups in total. The van der Waals surface area contributed by atoms with Crippen LogP contribution < -0.4 is 0 Å². The molecule has 1 heterocycles. The van der Waals surface area contributed by atoms with Gasteiger partial charge < -0.3 is 4.43 Å². The second-order valence-electron chi connectivity index (χ2n) is 3.82. The summed E-state index contributed by atoms with van der Waals surface area (Å²) < 4.78 is 5.77. The zero-order valence-electron chi connectivity index (χ0n) is 6.91. The molecular formula is C7H15ClOSi. The summed E-state index contributed by atoms with van der Waals surface area (Å²) in [7, 11) is -1.75. The van der Waals surface area contributed by atoms with Crippen LogP contribution in [0.4, 0.5) is 0 Å². The standard InChI is InChI=1S/C7H15ClOSi/c1-7(2)5-4-6-10(3,8)9-7/h4-6H2,1-3H3. The molecular weight excluding hydrogens is 164 g/mol. The fourth-order valence-electron chi connectivity index (χ4n) is 1.51. The van der Waals surface area contributed by atoms with E-state index in [1.807, 2.05) is 0 Å². The Balaban J connectivity index is 2.56. The molecule has 1 saturated heterocycles. The van der Waals surface area contributed by atoms with E-state index in [1.54, 1.807) is 0 Å². The first-order chi connectivity index (χ1) is 4.41. The lowest BCUT2D eigenvalue weighted by Crippen LogP contribution is -2.43. The van der Waals surface area contributed by atoms with Gasteiger partial charge in [0, 0.05) is 0 Å². The van der Waals surface area contributed by atoms with Gasteiger partial charge >= 0.3 is 0 Å². The van der Waals surface area contributed by atoms with Crippen molar-refractivity contribution in [1.29, 1.82) is 0 Å². The van der Waals surface area contributed by atoms with E-state index in [0.717, 1.165) is 12.5 Å². The van der Waals surface area contributed by atoms with Crippen LogP contribution in [0.2, 0.25) is 12.6 Å². The quantitative estimate of drug-likeness (QED) is 0.410. The van der Waals surface area contributed by atoms with Crippen molar-refractivity contribution in [1.82, 2.24) is 0 Å². The van der Waals surface area contributed by atoms with Crippen molar-refractivity contribution in [3.63, 3.8) is 0 Å². The van der Waals surface area contributed by atoms with Gasteiger partial charge in [-0.15, -0.1) is 11.1 Å². The molecule has 1 aliphatic rings. The van der Waals surface area contributed by atoms with Crippen molar-refractivity contribution >= 4 is 18.7 Å². The molecule has 0 aromatic heterocycles. The van der Waals surface area contributed by atoms with E-state index >= 15 is 0 Å². The average molecular weight is 179 g/mol. The zero-order chi connectivity index (χ0) is 7.83. The third-order valence-electron chi connectivity index (χ3n) is 1.89. The SMILES string of the molecule is CC1(C)CCC[Si](C)(Cl)O1. The maximum Gasteiger partial charge on any atom is 0.287 e. The van der Waals surface area contributed by atoms with Crippen molar-refractivity contribution in [2.75, 3.05) is 0 Å². The fraction of sp³-hybridized carbons (Fsp3) is 1.00. The van der Waals surface area contributed by atoms with Crippen LogP contribution in [0, 0.1) is 0 Å². The molecule has 1 fully saturated rings. The first-order valence-electron chi connectivity index (χ1n) is 3.80. The van der Waals surface area contributed by atoms with E-state index in [4.69, 9.17) is 15.5 Å². The van der Waals surface area contributed by atoms with Crippen LogP contribution in [0.15, 0.2) is 0 Å². The molecule has 0 aromatic carbocycles. The molecule has 3 heteroatoms. The van der Waals surface area contributed by atoms with Crippen LogP contribution in [-0.2, 0) is 4.43 Å². The maximum absolute atomic E-state index is 6.17. The lowest BCUT2D eigenvalue weighted by atomic mass is 10.0. The van der Waals surface area contributed by atoms with Crippen LogP contribution in [-0.4, -0.2) is 13.2 Å². The third kappa shape index (κ3) is 2.26. The first-order valence-corrected chi connectivity index (χ1v) is 7.43. The van der Waals surface area contributed by atoms with E-state index in [-0.39, 0.29) is 5.60 Å². The fourth-order valence-corrected chi connectivity index (χ4v) is 4.70. The summed E-state index contributed by atoms with van der Waals surface area (Å²) in [5.74, 6) is 0. The summed E-state index contributed by atoms with van der Waals surface area (Å²) >= 11 is 6.17. The molecule has 0 aromatic rings. The van der Waals surface area contributed by atoms with Gasteiger partial charge in [0.05, 0.1) is 5.60 Å². The highest BCUT2D eigenvalue weighted by Crippen LogP contribution is 2.34. The molecule has 10 heavy (non-hydrogen) atoms. The van der Waals surface area contributed by atoms with Gasteiger partial charge in [-0.05, 0) is 39.3 Å². The van der Waals surface area contributed by atoms with Crippen LogP contribution in [0.5, 0.6) is 0 Å². The van der Waals surface area contributed by atoms with Gasteiger partial charge in [0.2, 0.25) is 0 Å². The van der Waals surface area contributed by atoms with E-state index in [2.05, 4.69) is 20.4 Å². The van der Waals surface area contributed by atoms with Crippen molar-refractivity contribution in [2.45, 2.75) is 44.9 Å². The molecule has 1 nitrogen and oxygen atoms in total. The maximum atomic E-state index is 6.17. The topological polar surface area (TPSA) is 9.23 Å². The predicted octanol–water partition coefficient (Wildman–Crippen LogP) is 2.89. The Morgan fingerprint density at radius 3 is 2.40 bits per heavy atom. The minimum Gasteiger partial charge on any atom is -0.398 e. The molecule has 0 amide bonds. The Hall–Kier alpha value is 0.467. The molecule has 1 aliphatic heterocycles.